The van der Waals surface area contributed by atoms with Crippen LogP contribution in [0.2, 0.25) is 5.02 Å². The van der Waals surface area contributed by atoms with Crippen LogP contribution in [0.5, 0.6) is 5.88 Å². The molecular formula is C17H14ClN3O2. The Hall–Kier alpha value is -2.66. The van der Waals surface area contributed by atoms with E-state index in [4.69, 9.17) is 16.3 Å². The predicted octanol–water partition coefficient (Wildman–Crippen LogP) is 3.22. The lowest BCUT2D eigenvalue weighted by Crippen LogP contribution is -2.19. The lowest BCUT2D eigenvalue weighted by molar-refractivity contribution is 0.0958. The SMILES string of the molecule is CNC(=O)c1cc2ncccc2nc1OCc1cccc(Cl)c1. The Kier molecular flexibility index (Phi) is 4.39. The average Bonchev–Trinajstić information content (AvgIpc) is 2.58. The van der Waals surface area contributed by atoms with Crippen molar-refractivity contribution in [1.82, 2.24) is 15.3 Å². The third kappa shape index (κ3) is 3.40. The van der Waals surface area contributed by atoms with Crippen molar-refractivity contribution in [1.29, 1.82) is 0 Å². The molecule has 5 nitrogen and oxygen atoms in total. The van der Waals surface area contributed by atoms with Gasteiger partial charge in [-0.25, -0.2) is 4.98 Å². The standard InChI is InChI=1S/C17H14ClN3O2/c1-19-16(22)13-9-15-14(6-3-7-20-15)21-17(13)23-10-11-4-2-5-12(18)8-11/h2-9H,10H2,1H3,(H,19,22). The van der Waals surface area contributed by atoms with E-state index in [0.29, 0.717) is 21.6 Å². The van der Waals surface area contributed by atoms with Crippen LogP contribution in [0.25, 0.3) is 11.0 Å². The third-order valence-corrected chi connectivity index (χ3v) is 3.52. The fraction of sp³-hybridized carbons (Fsp3) is 0.118. The first-order valence-corrected chi connectivity index (χ1v) is 7.40. The molecule has 1 N–H and O–H groups in total. The lowest BCUT2D eigenvalue weighted by atomic mass is 10.2. The van der Waals surface area contributed by atoms with E-state index in [1.54, 1.807) is 31.4 Å². The number of carbonyl (C=O) groups is 1. The maximum absolute atomic E-state index is 12.1. The summed E-state index contributed by atoms with van der Waals surface area (Å²) in [6.07, 6.45) is 1.66. The summed E-state index contributed by atoms with van der Waals surface area (Å²) in [5, 5.41) is 3.22. The van der Waals surface area contributed by atoms with Crippen LogP contribution in [0.4, 0.5) is 0 Å². The first-order chi connectivity index (χ1) is 11.2. The molecule has 1 aromatic carbocycles. The number of halogens is 1. The van der Waals surface area contributed by atoms with Crippen LogP contribution in [0, 0.1) is 0 Å². The number of fused-ring (bicyclic) bond motifs is 1. The molecule has 2 heterocycles. The van der Waals surface area contributed by atoms with E-state index < -0.39 is 0 Å². The monoisotopic (exact) mass is 327 g/mol. The van der Waals surface area contributed by atoms with Crippen LogP contribution in [-0.4, -0.2) is 22.9 Å². The molecule has 23 heavy (non-hydrogen) atoms. The molecule has 0 radical (unpaired) electrons. The summed E-state index contributed by atoms with van der Waals surface area (Å²) in [6.45, 7) is 0.267. The molecule has 2 aromatic heterocycles. The van der Waals surface area contributed by atoms with Crippen molar-refractivity contribution >= 4 is 28.5 Å². The normalized spacial score (nSPS) is 10.5. The summed E-state index contributed by atoms with van der Waals surface area (Å²) in [6, 6.07) is 12.6. The van der Waals surface area contributed by atoms with Gasteiger partial charge in [-0.3, -0.25) is 9.78 Å². The van der Waals surface area contributed by atoms with Crippen LogP contribution in [0.1, 0.15) is 15.9 Å². The quantitative estimate of drug-likeness (QED) is 0.799. The number of aromatic nitrogens is 2. The summed E-state index contributed by atoms with van der Waals surface area (Å²) < 4.78 is 5.75. The smallest absolute Gasteiger partial charge is 0.256 e. The highest BCUT2D eigenvalue weighted by Gasteiger charge is 2.15. The topological polar surface area (TPSA) is 64.1 Å². The van der Waals surface area contributed by atoms with E-state index in [0.717, 1.165) is 5.56 Å². The molecule has 0 aliphatic heterocycles. The highest BCUT2D eigenvalue weighted by molar-refractivity contribution is 6.30. The van der Waals surface area contributed by atoms with Crippen molar-refractivity contribution in [3.05, 3.63) is 64.8 Å². The number of rotatable bonds is 4. The van der Waals surface area contributed by atoms with Gasteiger partial charge in [-0.05, 0) is 35.9 Å². The highest BCUT2D eigenvalue weighted by Crippen LogP contribution is 2.22. The Morgan fingerprint density at radius 3 is 2.87 bits per heavy atom. The zero-order valence-corrected chi connectivity index (χ0v) is 13.2. The minimum absolute atomic E-state index is 0.267. The minimum atomic E-state index is -0.272. The maximum Gasteiger partial charge on any atom is 0.256 e. The van der Waals surface area contributed by atoms with E-state index in [-0.39, 0.29) is 18.4 Å². The fourth-order valence-corrected chi connectivity index (χ4v) is 2.38. The van der Waals surface area contributed by atoms with Gasteiger partial charge in [0, 0.05) is 18.3 Å². The number of hydrogen-bond donors (Lipinski definition) is 1. The van der Waals surface area contributed by atoms with Gasteiger partial charge in [0.2, 0.25) is 5.88 Å². The molecule has 1 amide bonds. The van der Waals surface area contributed by atoms with Crippen LogP contribution in [0.15, 0.2) is 48.7 Å². The molecule has 0 bridgehead atoms. The molecule has 0 saturated carbocycles. The van der Waals surface area contributed by atoms with Crippen molar-refractivity contribution in [3.8, 4) is 5.88 Å². The van der Waals surface area contributed by atoms with Crippen molar-refractivity contribution in [2.45, 2.75) is 6.61 Å². The van der Waals surface area contributed by atoms with Gasteiger partial charge in [0.05, 0.1) is 11.0 Å². The van der Waals surface area contributed by atoms with Crippen LogP contribution in [0.3, 0.4) is 0 Å². The molecule has 0 fully saturated rings. The third-order valence-electron chi connectivity index (χ3n) is 3.29. The molecule has 0 spiro atoms. The molecule has 3 aromatic rings. The lowest BCUT2D eigenvalue weighted by Gasteiger charge is -2.11. The Labute approximate surface area is 138 Å². The van der Waals surface area contributed by atoms with Gasteiger partial charge in [-0.2, -0.15) is 0 Å². The summed E-state index contributed by atoms with van der Waals surface area (Å²) in [4.78, 5) is 20.7. The Morgan fingerprint density at radius 1 is 1.22 bits per heavy atom. The Morgan fingerprint density at radius 2 is 2.09 bits per heavy atom. The number of hydrogen-bond acceptors (Lipinski definition) is 4. The van der Waals surface area contributed by atoms with Crippen molar-refractivity contribution in [2.75, 3.05) is 7.05 Å². The van der Waals surface area contributed by atoms with Gasteiger partial charge in [0.15, 0.2) is 0 Å². The second-order valence-corrected chi connectivity index (χ2v) is 5.32. The van der Waals surface area contributed by atoms with E-state index in [1.165, 1.54) is 0 Å². The Bertz CT molecular complexity index is 867. The second-order valence-electron chi connectivity index (χ2n) is 4.88. The molecule has 0 saturated heterocycles. The summed E-state index contributed by atoms with van der Waals surface area (Å²) in [7, 11) is 1.56. The minimum Gasteiger partial charge on any atom is -0.472 e. The van der Waals surface area contributed by atoms with Gasteiger partial charge in [-0.1, -0.05) is 23.7 Å². The zero-order chi connectivity index (χ0) is 16.2. The van der Waals surface area contributed by atoms with Gasteiger partial charge < -0.3 is 10.1 Å². The molecule has 6 heteroatoms. The number of nitrogens with one attached hydrogen (secondary N) is 1. The number of benzene rings is 1. The highest BCUT2D eigenvalue weighted by atomic mass is 35.5. The summed E-state index contributed by atoms with van der Waals surface area (Å²) in [5.74, 6) is -0.00373. The molecule has 0 aliphatic rings. The van der Waals surface area contributed by atoms with Crippen molar-refractivity contribution in [2.24, 2.45) is 0 Å². The zero-order valence-electron chi connectivity index (χ0n) is 12.4. The van der Waals surface area contributed by atoms with Crippen molar-refractivity contribution in [3.63, 3.8) is 0 Å². The summed E-state index contributed by atoms with van der Waals surface area (Å²) >= 11 is 5.97. The number of carbonyl (C=O) groups excluding carboxylic acids is 1. The largest absolute Gasteiger partial charge is 0.472 e. The summed E-state index contributed by atoms with van der Waals surface area (Å²) in [5.41, 5.74) is 2.55. The number of amides is 1. The van der Waals surface area contributed by atoms with Crippen LogP contribution < -0.4 is 10.1 Å². The maximum atomic E-state index is 12.1. The number of ether oxygens (including phenoxy) is 1. The van der Waals surface area contributed by atoms with Crippen LogP contribution in [-0.2, 0) is 6.61 Å². The van der Waals surface area contributed by atoms with E-state index in [9.17, 15) is 4.79 Å². The Balaban J connectivity index is 1.95. The first kappa shape index (κ1) is 15.2. The van der Waals surface area contributed by atoms with E-state index in [2.05, 4.69) is 15.3 Å². The van der Waals surface area contributed by atoms with Gasteiger partial charge in [0.1, 0.15) is 12.2 Å². The van der Waals surface area contributed by atoms with Crippen molar-refractivity contribution < 1.29 is 9.53 Å². The van der Waals surface area contributed by atoms with Crippen LogP contribution >= 0.6 is 11.6 Å². The number of nitrogens with zero attached hydrogens (tertiary/aromatic N) is 2. The molecule has 0 aliphatic carbocycles. The van der Waals surface area contributed by atoms with E-state index >= 15 is 0 Å². The fourth-order valence-electron chi connectivity index (χ4n) is 2.17. The van der Waals surface area contributed by atoms with Gasteiger partial charge in [0.25, 0.3) is 5.91 Å². The molecule has 3 rings (SSSR count). The molecule has 116 valence electrons. The molecule has 0 unspecified atom stereocenters. The van der Waals surface area contributed by atoms with Gasteiger partial charge in [-0.15, -0.1) is 0 Å². The average molecular weight is 328 g/mol. The predicted molar refractivity (Wildman–Crippen MR) is 88.7 cm³/mol. The molecule has 0 atom stereocenters. The first-order valence-electron chi connectivity index (χ1n) is 7.02. The van der Waals surface area contributed by atoms with E-state index in [1.807, 2.05) is 24.3 Å². The van der Waals surface area contributed by atoms with Gasteiger partial charge >= 0.3 is 0 Å². The molecular weight excluding hydrogens is 314 g/mol. The number of pyridine rings is 2. The second kappa shape index (κ2) is 6.62.